The third kappa shape index (κ3) is 5.59. The second-order valence-corrected chi connectivity index (χ2v) is 9.45. The molecule has 196 valence electrons. The standard InChI is InChI=1S/C29H30F3NO4/c1-19(20-8-5-4-6-9-20)27(34)33-18-25(37-24-11-7-10-23(17-24)36-3)14-12-21-16-22(13-15-26(21)33)28(2,35)29(30,31)32/h4-11,13,15-17,19,25,35H,12,14,18H2,1-3H3/t19-,25+,28?/m0/s1. The summed E-state index contributed by atoms with van der Waals surface area (Å²) in [7, 11) is 1.56. The van der Waals surface area contributed by atoms with Gasteiger partial charge in [0, 0.05) is 11.8 Å². The van der Waals surface area contributed by atoms with Crippen LogP contribution in [0.25, 0.3) is 0 Å². The first-order valence-electron chi connectivity index (χ1n) is 12.1. The van der Waals surface area contributed by atoms with Crippen LogP contribution in [-0.2, 0) is 16.8 Å². The molecule has 0 spiro atoms. The summed E-state index contributed by atoms with van der Waals surface area (Å²) < 4.78 is 52.1. The number of amides is 1. The molecule has 8 heteroatoms. The zero-order chi connectivity index (χ0) is 26.8. The van der Waals surface area contributed by atoms with Crippen LogP contribution in [-0.4, -0.2) is 36.9 Å². The molecule has 1 aliphatic rings. The lowest BCUT2D eigenvalue weighted by atomic mass is 9.91. The van der Waals surface area contributed by atoms with Gasteiger partial charge >= 0.3 is 6.18 Å². The first-order chi connectivity index (χ1) is 17.5. The number of carbonyl (C=O) groups excluding carboxylic acids is 1. The number of fused-ring (bicyclic) bond motifs is 1. The van der Waals surface area contributed by atoms with Crippen molar-refractivity contribution in [3.05, 3.63) is 89.5 Å². The average molecular weight is 514 g/mol. The number of rotatable bonds is 6. The molecule has 0 aliphatic carbocycles. The summed E-state index contributed by atoms with van der Waals surface area (Å²) >= 11 is 0. The summed E-state index contributed by atoms with van der Waals surface area (Å²) in [5.74, 6) is 0.519. The van der Waals surface area contributed by atoms with Crippen LogP contribution in [0.15, 0.2) is 72.8 Å². The number of aliphatic hydroxyl groups is 1. The predicted molar refractivity (Wildman–Crippen MR) is 135 cm³/mol. The second kappa shape index (κ2) is 10.5. The van der Waals surface area contributed by atoms with Gasteiger partial charge in [0.25, 0.3) is 0 Å². The number of ether oxygens (including phenoxy) is 2. The largest absolute Gasteiger partial charge is 0.497 e. The van der Waals surface area contributed by atoms with Gasteiger partial charge in [-0.05, 0) is 61.6 Å². The second-order valence-electron chi connectivity index (χ2n) is 9.45. The van der Waals surface area contributed by atoms with Crippen LogP contribution in [0.1, 0.15) is 42.9 Å². The average Bonchev–Trinajstić information content (AvgIpc) is 3.07. The summed E-state index contributed by atoms with van der Waals surface area (Å²) in [5, 5.41) is 10.3. The Kier molecular flexibility index (Phi) is 7.50. The van der Waals surface area contributed by atoms with Gasteiger partial charge in [0.15, 0.2) is 5.60 Å². The number of alkyl halides is 3. The van der Waals surface area contributed by atoms with E-state index < -0.39 is 23.8 Å². The highest BCUT2D eigenvalue weighted by Gasteiger charge is 2.51. The third-order valence-corrected chi connectivity index (χ3v) is 6.89. The molecule has 1 aliphatic heterocycles. The summed E-state index contributed by atoms with van der Waals surface area (Å²) in [5.41, 5.74) is -1.38. The van der Waals surface area contributed by atoms with Crippen LogP contribution in [0.5, 0.6) is 11.5 Å². The van der Waals surface area contributed by atoms with E-state index in [2.05, 4.69) is 0 Å². The minimum atomic E-state index is -4.85. The predicted octanol–water partition coefficient (Wildman–Crippen LogP) is 6.00. The van der Waals surface area contributed by atoms with Gasteiger partial charge in [0.05, 0.1) is 19.6 Å². The fourth-order valence-corrected chi connectivity index (χ4v) is 4.52. The summed E-state index contributed by atoms with van der Waals surface area (Å²) in [4.78, 5) is 15.4. The number of methoxy groups -OCH3 is 1. The van der Waals surface area contributed by atoms with Crippen molar-refractivity contribution in [2.75, 3.05) is 18.6 Å². The highest BCUT2D eigenvalue weighted by atomic mass is 19.4. The van der Waals surface area contributed by atoms with E-state index in [0.717, 1.165) is 12.5 Å². The first-order valence-corrected chi connectivity index (χ1v) is 12.1. The Hall–Kier alpha value is -3.52. The molecule has 0 fully saturated rings. The van der Waals surface area contributed by atoms with E-state index in [1.54, 1.807) is 36.3 Å². The molecule has 37 heavy (non-hydrogen) atoms. The Labute approximate surface area is 214 Å². The van der Waals surface area contributed by atoms with Gasteiger partial charge in [0.2, 0.25) is 5.91 Å². The van der Waals surface area contributed by atoms with Crippen molar-refractivity contribution >= 4 is 11.6 Å². The first kappa shape index (κ1) is 26.5. The molecule has 3 atom stereocenters. The van der Waals surface area contributed by atoms with Crippen molar-refractivity contribution in [2.24, 2.45) is 0 Å². The zero-order valence-corrected chi connectivity index (χ0v) is 21.0. The smallest absolute Gasteiger partial charge is 0.421 e. The molecule has 0 saturated heterocycles. The Bertz CT molecular complexity index is 1240. The van der Waals surface area contributed by atoms with Crippen LogP contribution >= 0.6 is 0 Å². The quantitative estimate of drug-likeness (QED) is 0.440. The normalized spacial score (nSPS) is 18.2. The number of nitrogens with zero attached hydrogens (tertiary/aromatic N) is 1. The lowest BCUT2D eigenvalue weighted by Crippen LogP contribution is -2.41. The number of halogens is 3. The van der Waals surface area contributed by atoms with Gasteiger partial charge in [-0.1, -0.05) is 48.5 Å². The lowest BCUT2D eigenvalue weighted by molar-refractivity contribution is -0.258. The zero-order valence-electron chi connectivity index (χ0n) is 21.0. The molecule has 0 saturated carbocycles. The number of anilines is 1. The fourth-order valence-electron chi connectivity index (χ4n) is 4.52. The highest BCUT2D eigenvalue weighted by molar-refractivity contribution is 5.98. The summed E-state index contributed by atoms with van der Waals surface area (Å²) in [6.07, 6.45) is -4.43. The molecule has 4 rings (SSSR count). The Morgan fingerprint density at radius 2 is 1.73 bits per heavy atom. The van der Waals surface area contributed by atoms with Gasteiger partial charge in [-0.15, -0.1) is 0 Å². The van der Waals surface area contributed by atoms with Gasteiger partial charge in [-0.3, -0.25) is 4.79 Å². The number of hydrogen-bond acceptors (Lipinski definition) is 4. The van der Waals surface area contributed by atoms with Crippen LogP contribution in [0, 0.1) is 0 Å². The highest BCUT2D eigenvalue weighted by Crippen LogP contribution is 2.41. The van der Waals surface area contributed by atoms with Crippen LogP contribution in [0.4, 0.5) is 18.9 Å². The minimum Gasteiger partial charge on any atom is -0.497 e. The number of benzene rings is 3. The van der Waals surface area contributed by atoms with Gasteiger partial charge in [-0.2, -0.15) is 13.2 Å². The summed E-state index contributed by atoms with van der Waals surface area (Å²) in [6.45, 7) is 2.76. The van der Waals surface area contributed by atoms with E-state index in [1.165, 1.54) is 18.2 Å². The Morgan fingerprint density at radius 1 is 1.03 bits per heavy atom. The van der Waals surface area contributed by atoms with E-state index in [1.807, 2.05) is 37.3 Å². The maximum absolute atomic E-state index is 13.8. The topological polar surface area (TPSA) is 59.0 Å². The van der Waals surface area contributed by atoms with E-state index >= 15 is 0 Å². The molecule has 0 bridgehead atoms. The summed E-state index contributed by atoms with van der Waals surface area (Å²) in [6, 6.07) is 20.5. The molecule has 1 amide bonds. The molecular weight excluding hydrogens is 483 g/mol. The SMILES string of the molecule is COc1cccc(O[C@@H]2CCc3cc(C(C)(O)C(F)(F)F)ccc3N(C(=O)[C@@H](C)c3ccccc3)C2)c1. The van der Waals surface area contributed by atoms with Crippen molar-refractivity contribution < 1.29 is 32.5 Å². The molecule has 3 aromatic carbocycles. The minimum absolute atomic E-state index is 0.191. The monoisotopic (exact) mass is 513 g/mol. The maximum atomic E-state index is 13.8. The van der Waals surface area contributed by atoms with Crippen molar-refractivity contribution in [1.82, 2.24) is 0 Å². The molecule has 1 unspecified atom stereocenters. The molecule has 3 aromatic rings. The Balaban J connectivity index is 1.71. The maximum Gasteiger partial charge on any atom is 0.421 e. The van der Waals surface area contributed by atoms with Gasteiger partial charge < -0.3 is 19.5 Å². The van der Waals surface area contributed by atoms with E-state index in [-0.39, 0.29) is 18.0 Å². The van der Waals surface area contributed by atoms with Crippen molar-refractivity contribution in [2.45, 2.75) is 50.5 Å². The van der Waals surface area contributed by atoms with Crippen molar-refractivity contribution in [3.8, 4) is 11.5 Å². The van der Waals surface area contributed by atoms with Crippen molar-refractivity contribution in [3.63, 3.8) is 0 Å². The van der Waals surface area contributed by atoms with Crippen LogP contribution < -0.4 is 14.4 Å². The van der Waals surface area contributed by atoms with Gasteiger partial charge in [0.1, 0.15) is 17.6 Å². The van der Waals surface area contributed by atoms with E-state index in [9.17, 15) is 23.1 Å². The molecule has 0 radical (unpaired) electrons. The van der Waals surface area contributed by atoms with E-state index in [0.29, 0.717) is 35.6 Å². The number of hydrogen-bond donors (Lipinski definition) is 1. The number of carbonyl (C=O) groups is 1. The fraction of sp³-hybridized carbons (Fsp3) is 0.345. The number of aryl methyl sites for hydroxylation is 1. The molecule has 1 N–H and O–H groups in total. The van der Waals surface area contributed by atoms with E-state index in [4.69, 9.17) is 9.47 Å². The Morgan fingerprint density at radius 3 is 2.41 bits per heavy atom. The van der Waals surface area contributed by atoms with Crippen LogP contribution in [0.2, 0.25) is 0 Å². The molecule has 1 heterocycles. The third-order valence-electron chi connectivity index (χ3n) is 6.89. The lowest BCUT2D eigenvalue weighted by Gasteiger charge is -2.31. The molecule has 0 aromatic heterocycles. The molecule has 5 nitrogen and oxygen atoms in total. The van der Waals surface area contributed by atoms with Crippen molar-refractivity contribution in [1.29, 1.82) is 0 Å². The van der Waals surface area contributed by atoms with Gasteiger partial charge in [-0.25, -0.2) is 0 Å². The molecular formula is C29H30F3NO4. The van der Waals surface area contributed by atoms with Crippen LogP contribution in [0.3, 0.4) is 0 Å².